The van der Waals surface area contributed by atoms with Gasteiger partial charge in [0.2, 0.25) is 0 Å². The van der Waals surface area contributed by atoms with E-state index in [4.69, 9.17) is 10.0 Å². The summed E-state index contributed by atoms with van der Waals surface area (Å²) in [6.45, 7) is 1.40. The van der Waals surface area contributed by atoms with Gasteiger partial charge in [0, 0.05) is 18.5 Å². The van der Waals surface area contributed by atoms with Crippen molar-refractivity contribution in [1.82, 2.24) is 10.6 Å². The SMILES string of the molecule is O=C(O)[C@]12CCN[C@@H](CN1)[C@H]2CCCB(O)O. The maximum absolute atomic E-state index is 11.5. The van der Waals surface area contributed by atoms with Gasteiger partial charge in [0.15, 0.2) is 0 Å². The minimum atomic E-state index is -1.29. The summed E-state index contributed by atoms with van der Waals surface area (Å²) in [7, 11) is -1.29. The van der Waals surface area contributed by atoms with Gasteiger partial charge in [0.05, 0.1) is 0 Å². The molecule has 96 valence electrons. The minimum Gasteiger partial charge on any atom is -0.480 e. The Kier molecular flexibility index (Phi) is 3.72. The van der Waals surface area contributed by atoms with Gasteiger partial charge < -0.3 is 20.5 Å². The average molecular weight is 242 g/mol. The van der Waals surface area contributed by atoms with Crippen LogP contribution >= 0.6 is 0 Å². The molecule has 2 fully saturated rings. The molecule has 0 radical (unpaired) electrons. The Balaban J connectivity index is 2.01. The van der Waals surface area contributed by atoms with Gasteiger partial charge in [0.25, 0.3) is 0 Å². The van der Waals surface area contributed by atoms with Crippen LogP contribution in [-0.2, 0) is 4.79 Å². The van der Waals surface area contributed by atoms with Crippen LogP contribution in [-0.4, -0.2) is 52.9 Å². The number of rotatable bonds is 5. The molecule has 2 aliphatic heterocycles. The molecular formula is C10H19BN2O4. The van der Waals surface area contributed by atoms with E-state index in [0.29, 0.717) is 32.1 Å². The van der Waals surface area contributed by atoms with Crippen LogP contribution in [0.15, 0.2) is 0 Å². The lowest BCUT2D eigenvalue weighted by atomic mass is 9.73. The molecule has 17 heavy (non-hydrogen) atoms. The van der Waals surface area contributed by atoms with E-state index >= 15 is 0 Å². The van der Waals surface area contributed by atoms with E-state index < -0.39 is 18.6 Å². The van der Waals surface area contributed by atoms with Gasteiger partial charge in [-0.1, -0.05) is 6.42 Å². The number of carboxylic acids is 1. The molecule has 0 aliphatic carbocycles. The molecule has 2 aliphatic rings. The van der Waals surface area contributed by atoms with E-state index in [1.807, 2.05) is 0 Å². The molecule has 0 saturated carbocycles. The number of hydrogen-bond donors (Lipinski definition) is 5. The lowest BCUT2D eigenvalue weighted by molar-refractivity contribution is -0.147. The van der Waals surface area contributed by atoms with Crippen LogP contribution in [0.3, 0.4) is 0 Å². The van der Waals surface area contributed by atoms with Gasteiger partial charge in [-0.2, -0.15) is 0 Å². The second kappa shape index (κ2) is 4.93. The van der Waals surface area contributed by atoms with Crippen LogP contribution in [0.2, 0.25) is 6.32 Å². The lowest BCUT2D eigenvalue weighted by Gasteiger charge is -2.37. The Morgan fingerprint density at radius 1 is 1.47 bits per heavy atom. The summed E-state index contributed by atoms with van der Waals surface area (Å²) in [4.78, 5) is 11.5. The van der Waals surface area contributed by atoms with Crippen molar-refractivity contribution in [1.29, 1.82) is 0 Å². The number of aliphatic carboxylic acids is 1. The first-order valence-electron chi connectivity index (χ1n) is 6.14. The third-order valence-corrected chi connectivity index (χ3v) is 4.04. The summed E-state index contributed by atoms with van der Waals surface area (Å²) in [5, 5.41) is 33.5. The Bertz CT molecular complexity index is 298. The van der Waals surface area contributed by atoms with E-state index in [2.05, 4.69) is 10.6 Å². The molecule has 2 bridgehead atoms. The zero-order chi connectivity index (χ0) is 12.5. The largest absolute Gasteiger partial charge is 0.480 e. The molecule has 5 N–H and O–H groups in total. The summed E-state index contributed by atoms with van der Waals surface area (Å²) in [5.74, 6) is -0.747. The van der Waals surface area contributed by atoms with Gasteiger partial charge in [-0.25, -0.2) is 0 Å². The van der Waals surface area contributed by atoms with Crippen LogP contribution in [0.25, 0.3) is 0 Å². The van der Waals surface area contributed by atoms with Crippen LogP contribution in [0, 0.1) is 5.92 Å². The Labute approximate surface area is 101 Å². The monoisotopic (exact) mass is 242 g/mol. The van der Waals surface area contributed by atoms with Gasteiger partial charge in [-0.3, -0.25) is 10.1 Å². The predicted octanol–water partition coefficient (Wildman–Crippen LogP) is -1.36. The molecular weight excluding hydrogens is 223 g/mol. The molecule has 2 rings (SSSR count). The van der Waals surface area contributed by atoms with E-state index in [9.17, 15) is 9.90 Å². The third kappa shape index (κ3) is 2.33. The van der Waals surface area contributed by atoms with Crippen LogP contribution in [0.1, 0.15) is 19.3 Å². The molecule has 0 spiro atoms. The van der Waals surface area contributed by atoms with Crippen LogP contribution in [0.4, 0.5) is 0 Å². The Morgan fingerprint density at radius 3 is 2.88 bits per heavy atom. The molecule has 3 atom stereocenters. The maximum Gasteiger partial charge on any atom is 0.451 e. The quantitative estimate of drug-likeness (QED) is 0.382. The van der Waals surface area contributed by atoms with Crippen molar-refractivity contribution in [2.24, 2.45) is 5.92 Å². The summed E-state index contributed by atoms with van der Waals surface area (Å²) < 4.78 is 0. The van der Waals surface area contributed by atoms with Crippen molar-refractivity contribution in [3.8, 4) is 0 Å². The van der Waals surface area contributed by atoms with E-state index in [-0.39, 0.29) is 12.0 Å². The molecule has 7 heteroatoms. The summed E-state index contributed by atoms with van der Waals surface area (Å²) in [6, 6.07) is 0.190. The number of carbonyl (C=O) groups is 1. The highest BCUT2D eigenvalue weighted by Crippen LogP contribution is 2.37. The highest BCUT2D eigenvalue weighted by molar-refractivity contribution is 6.40. The first-order chi connectivity index (χ1) is 8.06. The normalized spacial score (nSPS) is 35.9. The summed E-state index contributed by atoms with van der Waals surface area (Å²) in [6.07, 6.45) is 2.23. The van der Waals surface area contributed by atoms with E-state index in [1.165, 1.54) is 0 Å². The zero-order valence-corrected chi connectivity index (χ0v) is 9.72. The third-order valence-electron chi connectivity index (χ3n) is 4.04. The second-order valence-electron chi connectivity index (χ2n) is 4.99. The molecule has 0 aromatic carbocycles. The second-order valence-corrected chi connectivity index (χ2v) is 4.99. The first-order valence-corrected chi connectivity index (χ1v) is 6.14. The fourth-order valence-corrected chi connectivity index (χ4v) is 3.16. The van der Waals surface area contributed by atoms with Gasteiger partial charge in [-0.15, -0.1) is 0 Å². The van der Waals surface area contributed by atoms with Crippen molar-refractivity contribution in [3.63, 3.8) is 0 Å². The number of piperidine rings is 1. The Hall–Kier alpha value is -0.625. The standard InChI is InChI=1S/C10H19BN2O4/c14-9(15)10-3-5-12-8(6-13-10)7(10)2-1-4-11(16)17/h7-8,12-13,16-17H,1-6H2,(H,14,15)/t7-,8+,10-/m1/s1. The Morgan fingerprint density at radius 2 is 2.24 bits per heavy atom. The molecule has 6 nitrogen and oxygen atoms in total. The summed E-state index contributed by atoms with van der Waals surface area (Å²) >= 11 is 0. The average Bonchev–Trinajstić information content (AvgIpc) is 2.47. The molecule has 2 heterocycles. The highest BCUT2D eigenvalue weighted by Gasteiger charge is 2.55. The van der Waals surface area contributed by atoms with Crippen molar-refractivity contribution in [2.75, 3.05) is 13.1 Å². The number of carboxylic acid groups (broad SMARTS) is 1. The zero-order valence-electron chi connectivity index (χ0n) is 9.72. The molecule has 0 unspecified atom stereocenters. The maximum atomic E-state index is 11.5. The molecule has 0 aromatic heterocycles. The van der Waals surface area contributed by atoms with E-state index in [1.54, 1.807) is 0 Å². The van der Waals surface area contributed by atoms with Crippen LogP contribution in [0.5, 0.6) is 0 Å². The number of fused-ring (bicyclic) bond motifs is 2. The fraction of sp³-hybridized carbons (Fsp3) is 0.900. The lowest BCUT2D eigenvalue weighted by Crippen LogP contribution is -2.58. The van der Waals surface area contributed by atoms with Gasteiger partial charge >= 0.3 is 13.1 Å². The van der Waals surface area contributed by atoms with Crippen molar-refractivity contribution < 1.29 is 19.9 Å². The van der Waals surface area contributed by atoms with Gasteiger partial charge in [-0.05, 0) is 25.7 Å². The van der Waals surface area contributed by atoms with Gasteiger partial charge in [0.1, 0.15) is 5.54 Å². The molecule has 2 saturated heterocycles. The predicted molar refractivity (Wildman–Crippen MR) is 62.5 cm³/mol. The highest BCUT2D eigenvalue weighted by atomic mass is 16.4. The fourth-order valence-electron chi connectivity index (χ4n) is 3.16. The van der Waals surface area contributed by atoms with Crippen molar-refractivity contribution in [3.05, 3.63) is 0 Å². The smallest absolute Gasteiger partial charge is 0.451 e. The molecule has 0 aromatic rings. The topological polar surface area (TPSA) is 102 Å². The van der Waals surface area contributed by atoms with Crippen molar-refractivity contribution >= 4 is 13.1 Å². The van der Waals surface area contributed by atoms with Crippen LogP contribution < -0.4 is 10.6 Å². The van der Waals surface area contributed by atoms with E-state index in [0.717, 1.165) is 6.54 Å². The number of nitrogens with one attached hydrogen (secondary N) is 2. The first kappa shape index (κ1) is 12.8. The minimum absolute atomic E-state index is 0.0347. The van der Waals surface area contributed by atoms with Crippen molar-refractivity contribution in [2.45, 2.75) is 37.2 Å². The summed E-state index contributed by atoms with van der Waals surface area (Å²) in [5.41, 5.74) is -0.809. The number of hydrogen-bond acceptors (Lipinski definition) is 5. The molecule has 0 amide bonds.